The van der Waals surface area contributed by atoms with Crippen LogP contribution in [-0.2, 0) is 4.79 Å². The number of hydrogen-bond acceptors (Lipinski definition) is 3. The van der Waals surface area contributed by atoms with Gasteiger partial charge in [0.1, 0.15) is 5.75 Å². The molecule has 0 spiro atoms. The molecule has 20 heavy (non-hydrogen) atoms. The minimum atomic E-state index is -0.109. The lowest BCUT2D eigenvalue weighted by Crippen LogP contribution is -2.46. The van der Waals surface area contributed by atoms with E-state index in [4.69, 9.17) is 4.74 Å². The van der Waals surface area contributed by atoms with Gasteiger partial charge in [0.15, 0.2) is 0 Å². The van der Waals surface area contributed by atoms with E-state index >= 15 is 0 Å². The van der Waals surface area contributed by atoms with Gasteiger partial charge in [-0.2, -0.15) is 0 Å². The number of anilines is 1. The molecular weight excluding hydrogens is 252 g/mol. The van der Waals surface area contributed by atoms with E-state index < -0.39 is 0 Å². The van der Waals surface area contributed by atoms with Gasteiger partial charge in [-0.1, -0.05) is 19.1 Å². The molecule has 0 aliphatic carbocycles. The highest BCUT2D eigenvalue weighted by atomic mass is 16.5. The zero-order chi connectivity index (χ0) is 14.5. The molecule has 0 aromatic heterocycles. The monoisotopic (exact) mass is 276 g/mol. The van der Waals surface area contributed by atoms with Crippen LogP contribution in [0.15, 0.2) is 24.3 Å². The van der Waals surface area contributed by atoms with Crippen LogP contribution in [0.1, 0.15) is 26.7 Å². The van der Waals surface area contributed by atoms with E-state index in [9.17, 15) is 4.79 Å². The molecule has 1 aromatic rings. The van der Waals surface area contributed by atoms with E-state index in [1.807, 2.05) is 31.2 Å². The fourth-order valence-electron chi connectivity index (χ4n) is 2.73. The van der Waals surface area contributed by atoms with Gasteiger partial charge in [0.2, 0.25) is 5.91 Å². The zero-order valence-corrected chi connectivity index (χ0v) is 12.6. The number of piperidine rings is 1. The number of carbonyl (C=O) groups is 1. The second-order valence-corrected chi connectivity index (χ2v) is 5.61. The summed E-state index contributed by atoms with van der Waals surface area (Å²) in [5.74, 6) is 1.40. The number of nitrogens with one attached hydrogen (secondary N) is 1. The van der Waals surface area contributed by atoms with Crippen molar-refractivity contribution in [2.24, 2.45) is 5.92 Å². The van der Waals surface area contributed by atoms with E-state index in [1.54, 1.807) is 7.11 Å². The molecule has 0 unspecified atom stereocenters. The number of ether oxygens (including phenoxy) is 1. The van der Waals surface area contributed by atoms with Crippen LogP contribution in [0.2, 0.25) is 0 Å². The van der Waals surface area contributed by atoms with E-state index in [1.165, 1.54) is 12.8 Å². The number of amides is 1. The number of methoxy groups -OCH3 is 1. The lowest BCUT2D eigenvalue weighted by atomic mass is 9.99. The molecule has 0 saturated carbocycles. The van der Waals surface area contributed by atoms with Crippen molar-refractivity contribution >= 4 is 11.6 Å². The largest absolute Gasteiger partial charge is 0.495 e. The summed E-state index contributed by atoms with van der Waals surface area (Å²) < 4.78 is 5.26. The van der Waals surface area contributed by atoms with Crippen LogP contribution in [0, 0.1) is 5.92 Å². The number of rotatable bonds is 4. The van der Waals surface area contributed by atoms with Gasteiger partial charge in [-0.3, -0.25) is 9.69 Å². The first-order chi connectivity index (χ1) is 9.61. The van der Waals surface area contributed by atoms with Gasteiger partial charge >= 0.3 is 0 Å². The quantitative estimate of drug-likeness (QED) is 0.919. The second-order valence-electron chi connectivity index (χ2n) is 5.61. The fraction of sp³-hybridized carbons (Fsp3) is 0.562. The first-order valence-electron chi connectivity index (χ1n) is 7.29. The predicted molar refractivity (Wildman–Crippen MR) is 81.1 cm³/mol. The van der Waals surface area contributed by atoms with Crippen LogP contribution < -0.4 is 10.1 Å². The van der Waals surface area contributed by atoms with Gasteiger partial charge in [0.05, 0.1) is 18.8 Å². The van der Waals surface area contributed by atoms with Gasteiger partial charge in [0.25, 0.3) is 0 Å². The average Bonchev–Trinajstić information content (AvgIpc) is 2.47. The normalized spacial score (nSPS) is 21.2. The Labute approximate surface area is 121 Å². The minimum Gasteiger partial charge on any atom is -0.495 e. The summed E-state index contributed by atoms with van der Waals surface area (Å²) in [5.41, 5.74) is 0.733. The van der Waals surface area contributed by atoms with Crippen LogP contribution in [0.3, 0.4) is 0 Å². The number of carbonyl (C=O) groups excluding carboxylic acids is 1. The Balaban J connectivity index is 2.00. The molecule has 1 heterocycles. The highest BCUT2D eigenvalue weighted by molar-refractivity contribution is 5.95. The van der Waals surface area contributed by atoms with E-state index in [0.717, 1.165) is 18.8 Å². The fourth-order valence-corrected chi connectivity index (χ4v) is 2.73. The van der Waals surface area contributed by atoms with Gasteiger partial charge in [-0.15, -0.1) is 0 Å². The molecule has 0 bridgehead atoms. The molecule has 1 aliphatic heterocycles. The molecule has 4 heteroatoms. The lowest BCUT2D eigenvalue weighted by molar-refractivity contribution is -0.121. The maximum absolute atomic E-state index is 12.4. The van der Waals surface area contributed by atoms with E-state index in [2.05, 4.69) is 17.1 Å². The predicted octanol–water partition coefficient (Wildman–Crippen LogP) is 2.75. The number of para-hydroxylation sites is 2. The Morgan fingerprint density at radius 1 is 1.45 bits per heavy atom. The van der Waals surface area contributed by atoms with Crippen molar-refractivity contribution in [1.29, 1.82) is 0 Å². The van der Waals surface area contributed by atoms with Crippen LogP contribution in [0.25, 0.3) is 0 Å². The first kappa shape index (κ1) is 14.9. The molecule has 1 saturated heterocycles. The molecule has 2 atom stereocenters. The van der Waals surface area contributed by atoms with Crippen molar-refractivity contribution in [3.63, 3.8) is 0 Å². The Kier molecular flexibility index (Phi) is 5.01. The molecule has 4 nitrogen and oxygen atoms in total. The van der Waals surface area contributed by atoms with Crippen molar-refractivity contribution in [2.75, 3.05) is 25.5 Å². The standard InChI is InChI=1S/C16H24N2O2/c1-12-7-6-10-18(11-12)13(2)16(19)17-14-8-4-5-9-15(14)20-3/h4-5,8-9,12-13H,6-7,10-11H2,1-3H3,(H,17,19)/t12-,13+/m1/s1. The summed E-state index contributed by atoms with van der Waals surface area (Å²) in [6, 6.07) is 7.39. The van der Waals surface area contributed by atoms with Gasteiger partial charge < -0.3 is 10.1 Å². The maximum atomic E-state index is 12.4. The second kappa shape index (κ2) is 6.75. The smallest absolute Gasteiger partial charge is 0.241 e. The summed E-state index contributed by atoms with van der Waals surface area (Å²) in [7, 11) is 1.61. The van der Waals surface area contributed by atoms with E-state index in [0.29, 0.717) is 11.7 Å². The van der Waals surface area contributed by atoms with Gasteiger partial charge in [-0.25, -0.2) is 0 Å². The number of hydrogen-bond donors (Lipinski definition) is 1. The summed E-state index contributed by atoms with van der Waals surface area (Å²) in [6.07, 6.45) is 2.44. The maximum Gasteiger partial charge on any atom is 0.241 e. The molecule has 1 aromatic carbocycles. The minimum absolute atomic E-state index is 0.0311. The molecule has 1 N–H and O–H groups in total. The van der Waals surface area contributed by atoms with Crippen molar-refractivity contribution in [3.8, 4) is 5.75 Å². The average molecular weight is 276 g/mol. The topological polar surface area (TPSA) is 41.6 Å². The first-order valence-corrected chi connectivity index (χ1v) is 7.29. The Hall–Kier alpha value is -1.55. The Bertz CT molecular complexity index is 462. The molecule has 1 amide bonds. The third kappa shape index (κ3) is 3.51. The highest BCUT2D eigenvalue weighted by Crippen LogP contribution is 2.24. The van der Waals surface area contributed by atoms with Gasteiger partial charge in [-0.05, 0) is 44.4 Å². The molecule has 1 aliphatic rings. The molecule has 0 radical (unpaired) electrons. The zero-order valence-electron chi connectivity index (χ0n) is 12.6. The van der Waals surface area contributed by atoms with Crippen molar-refractivity contribution in [1.82, 2.24) is 4.90 Å². The highest BCUT2D eigenvalue weighted by Gasteiger charge is 2.25. The number of benzene rings is 1. The molecular formula is C16H24N2O2. The van der Waals surface area contributed by atoms with E-state index in [-0.39, 0.29) is 11.9 Å². The lowest BCUT2D eigenvalue weighted by Gasteiger charge is -2.34. The van der Waals surface area contributed by atoms with Crippen molar-refractivity contribution < 1.29 is 9.53 Å². The van der Waals surface area contributed by atoms with Crippen LogP contribution in [0.5, 0.6) is 5.75 Å². The van der Waals surface area contributed by atoms with Gasteiger partial charge in [0, 0.05) is 6.54 Å². The third-order valence-corrected chi connectivity index (χ3v) is 3.98. The van der Waals surface area contributed by atoms with Crippen LogP contribution in [-0.4, -0.2) is 37.0 Å². The van der Waals surface area contributed by atoms with Crippen LogP contribution in [0.4, 0.5) is 5.69 Å². The Morgan fingerprint density at radius 3 is 2.90 bits per heavy atom. The summed E-state index contributed by atoms with van der Waals surface area (Å²) in [5, 5.41) is 2.97. The number of likely N-dealkylation sites (tertiary alicyclic amines) is 1. The third-order valence-electron chi connectivity index (χ3n) is 3.98. The van der Waals surface area contributed by atoms with Crippen LogP contribution >= 0.6 is 0 Å². The SMILES string of the molecule is COc1ccccc1NC(=O)[C@H](C)N1CCC[C@@H](C)C1. The summed E-state index contributed by atoms with van der Waals surface area (Å²) >= 11 is 0. The molecule has 2 rings (SSSR count). The molecule has 110 valence electrons. The Morgan fingerprint density at radius 2 is 2.20 bits per heavy atom. The summed E-state index contributed by atoms with van der Waals surface area (Å²) in [4.78, 5) is 14.6. The summed E-state index contributed by atoms with van der Waals surface area (Å²) in [6.45, 7) is 6.23. The number of nitrogens with zero attached hydrogens (tertiary/aromatic N) is 1. The molecule has 1 fully saturated rings. The van der Waals surface area contributed by atoms with Crippen molar-refractivity contribution in [2.45, 2.75) is 32.7 Å². The van der Waals surface area contributed by atoms with Crippen molar-refractivity contribution in [3.05, 3.63) is 24.3 Å².